The first-order valence-corrected chi connectivity index (χ1v) is 11.3. The molecule has 0 saturated carbocycles. The number of benzene rings is 2. The van der Waals surface area contributed by atoms with E-state index >= 15 is 0 Å². The van der Waals surface area contributed by atoms with Crippen molar-refractivity contribution in [3.8, 4) is 0 Å². The van der Waals surface area contributed by atoms with E-state index in [0.29, 0.717) is 17.9 Å². The summed E-state index contributed by atoms with van der Waals surface area (Å²) in [5.74, 6) is -0.153. The van der Waals surface area contributed by atoms with Gasteiger partial charge in [0.1, 0.15) is 6.61 Å². The van der Waals surface area contributed by atoms with Crippen LogP contribution in [0.15, 0.2) is 48.5 Å². The van der Waals surface area contributed by atoms with Gasteiger partial charge >= 0.3 is 0 Å². The Bertz CT molecular complexity index is 888. The van der Waals surface area contributed by atoms with Gasteiger partial charge in [-0.25, -0.2) is 0 Å². The number of nitrogens with one attached hydrogen (secondary N) is 1. The summed E-state index contributed by atoms with van der Waals surface area (Å²) in [5, 5.41) is 2.89. The SMILES string of the molecule is O=C(COCc1ccccc1)Nc1ccc(N2CCCC2)c(C(=O)N2CCCCC2)c1. The van der Waals surface area contributed by atoms with Gasteiger partial charge in [-0.2, -0.15) is 0 Å². The molecule has 2 aromatic carbocycles. The fourth-order valence-electron chi connectivity index (χ4n) is 4.32. The molecule has 0 bridgehead atoms. The van der Waals surface area contributed by atoms with Gasteiger partial charge in [0.15, 0.2) is 0 Å². The maximum Gasteiger partial charge on any atom is 0.256 e. The molecule has 6 heteroatoms. The summed E-state index contributed by atoms with van der Waals surface area (Å²) >= 11 is 0. The number of carbonyl (C=O) groups is 2. The molecule has 2 amide bonds. The van der Waals surface area contributed by atoms with Crippen LogP contribution in [0, 0.1) is 0 Å². The number of likely N-dealkylation sites (tertiary alicyclic amines) is 1. The van der Waals surface area contributed by atoms with Crippen molar-refractivity contribution in [1.29, 1.82) is 0 Å². The van der Waals surface area contributed by atoms with Crippen molar-refractivity contribution in [2.45, 2.75) is 38.7 Å². The molecule has 0 spiro atoms. The molecule has 0 radical (unpaired) electrons. The van der Waals surface area contributed by atoms with Gasteiger partial charge in [-0.15, -0.1) is 0 Å². The summed E-state index contributed by atoms with van der Waals surface area (Å²) in [5.41, 5.74) is 3.33. The van der Waals surface area contributed by atoms with Crippen LogP contribution in [0.2, 0.25) is 0 Å². The second kappa shape index (κ2) is 10.4. The highest BCUT2D eigenvalue weighted by Gasteiger charge is 2.25. The first-order chi connectivity index (χ1) is 15.2. The van der Waals surface area contributed by atoms with E-state index in [1.807, 2.05) is 53.4 Å². The summed E-state index contributed by atoms with van der Waals surface area (Å²) in [7, 11) is 0. The van der Waals surface area contributed by atoms with Gasteiger partial charge in [0.05, 0.1) is 12.2 Å². The number of nitrogens with zero attached hydrogens (tertiary/aromatic N) is 2. The molecule has 1 N–H and O–H groups in total. The Morgan fingerprint density at radius 3 is 2.32 bits per heavy atom. The zero-order valence-electron chi connectivity index (χ0n) is 18.0. The minimum absolute atomic E-state index is 0.0296. The molecule has 0 aliphatic carbocycles. The van der Waals surface area contributed by atoms with E-state index in [9.17, 15) is 9.59 Å². The fourth-order valence-corrected chi connectivity index (χ4v) is 4.32. The van der Waals surface area contributed by atoms with Gasteiger partial charge in [0.25, 0.3) is 5.91 Å². The van der Waals surface area contributed by atoms with Crippen molar-refractivity contribution >= 4 is 23.2 Å². The number of amides is 2. The van der Waals surface area contributed by atoms with E-state index in [2.05, 4.69) is 10.2 Å². The Labute approximate surface area is 184 Å². The first-order valence-electron chi connectivity index (χ1n) is 11.3. The Balaban J connectivity index is 1.43. The average Bonchev–Trinajstić information content (AvgIpc) is 3.35. The van der Waals surface area contributed by atoms with Gasteiger partial charge in [0.2, 0.25) is 5.91 Å². The zero-order valence-corrected chi connectivity index (χ0v) is 18.0. The van der Waals surface area contributed by atoms with Crippen LogP contribution in [0.4, 0.5) is 11.4 Å². The van der Waals surface area contributed by atoms with Crippen LogP contribution in [0.1, 0.15) is 48.0 Å². The normalized spacial score (nSPS) is 16.4. The molecule has 2 aliphatic rings. The third kappa shape index (κ3) is 5.64. The van der Waals surface area contributed by atoms with Crippen molar-refractivity contribution in [3.05, 3.63) is 59.7 Å². The molecule has 164 valence electrons. The lowest BCUT2D eigenvalue weighted by atomic mass is 10.1. The number of anilines is 2. The molecule has 2 fully saturated rings. The summed E-state index contributed by atoms with van der Waals surface area (Å²) in [6.45, 7) is 3.92. The molecule has 0 aromatic heterocycles. The first kappa shape index (κ1) is 21.4. The van der Waals surface area contributed by atoms with Crippen LogP contribution in [0.5, 0.6) is 0 Å². The maximum absolute atomic E-state index is 13.3. The van der Waals surface area contributed by atoms with Crippen LogP contribution >= 0.6 is 0 Å². The topological polar surface area (TPSA) is 61.9 Å². The van der Waals surface area contributed by atoms with Gasteiger partial charge in [-0.05, 0) is 55.9 Å². The van der Waals surface area contributed by atoms with Crippen molar-refractivity contribution in [3.63, 3.8) is 0 Å². The summed E-state index contributed by atoms with van der Waals surface area (Å²) in [6, 6.07) is 15.5. The Morgan fingerprint density at radius 1 is 0.871 bits per heavy atom. The van der Waals surface area contributed by atoms with E-state index < -0.39 is 0 Å². The summed E-state index contributed by atoms with van der Waals surface area (Å²) in [4.78, 5) is 29.9. The van der Waals surface area contributed by atoms with Crippen LogP contribution in [0.25, 0.3) is 0 Å². The van der Waals surface area contributed by atoms with E-state index in [-0.39, 0.29) is 18.4 Å². The highest BCUT2D eigenvalue weighted by atomic mass is 16.5. The molecule has 31 heavy (non-hydrogen) atoms. The standard InChI is InChI=1S/C25H31N3O3/c29-24(19-31-18-20-9-3-1-4-10-20)26-21-11-12-23(27-13-7-8-14-27)22(17-21)25(30)28-15-5-2-6-16-28/h1,3-4,9-12,17H,2,5-8,13-16,18-19H2,(H,26,29). The number of rotatable bonds is 7. The van der Waals surface area contributed by atoms with E-state index in [0.717, 1.165) is 63.1 Å². The number of piperidine rings is 1. The molecule has 2 heterocycles. The van der Waals surface area contributed by atoms with Crippen LogP contribution in [0.3, 0.4) is 0 Å². The minimum Gasteiger partial charge on any atom is -0.371 e. The Kier molecular flexibility index (Phi) is 7.20. The third-order valence-corrected chi connectivity index (χ3v) is 5.95. The minimum atomic E-state index is -0.221. The fraction of sp³-hybridized carbons (Fsp3) is 0.440. The lowest BCUT2D eigenvalue weighted by molar-refractivity contribution is -0.121. The van der Waals surface area contributed by atoms with E-state index in [1.54, 1.807) is 0 Å². The number of hydrogen-bond acceptors (Lipinski definition) is 4. The van der Waals surface area contributed by atoms with Gasteiger partial charge in [0, 0.05) is 37.6 Å². The van der Waals surface area contributed by atoms with Crippen molar-refractivity contribution in [2.24, 2.45) is 0 Å². The van der Waals surface area contributed by atoms with Crippen LogP contribution in [-0.4, -0.2) is 49.5 Å². The van der Waals surface area contributed by atoms with E-state index in [1.165, 1.54) is 6.42 Å². The molecule has 0 atom stereocenters. The summed E-state index contributed by atoms with van der Waals surface area (Å²) in [6.07, 6.45) is 5.59. The number of ether oxygens (including phenoxy) is 1. The van der Waals surface area contributed by atoms with Crippen molar-refractivity contribution in [1.82, 2.24) is 4.90 Å². The largest absolute Gasteiger partial charge is 0.371 e. The monoisotopic (exact) mass is 421 g/mol. The lowest BCUT2D eigenvalue weighted by Gasteiger charge is -2.29. The predicted molar refractivity (Wildman–Crippen MR) is 122 cm³/mol. The third-order valence-electron chi connectivity index (χ3n) is 5.95. The Hall–Kier alpha value is -2.86. The molecule has 2 aliphatic heterocycles. The molecule has 0 unspecified atom stereocenters. The van der Waals surface area contributed by atoms with Crippen LogP contribution < -0.4 is 10.2 Å². The van der Waals surface area contributed by atoms with Gasteiger partial charge < -0.3 is 19.9 Å². The van der Waals surface area contributed by atoms with Crippen molar-refractivity contribution < 1.29 is 14.3 Å². The van der Waals surface area contributed by atoms with Gasteiger partial charge in [-0.3, -0.25) is 9.59 Å². The predicted octanol–water partition coefficient (Wildman–Crippen LogP) is 4.07. The molecule has 4 rings (SSSR count). The maximum atomic E-state index is 13.3. The highest BCUT2D eigenvalue weighted by molar-refractivity contribution is 6.02. The van der Waals surface area contributed by atoms with Crippen molar-refractivity contribution in [2.75, 3.05) is 43.0 Å². The second-order valence-electron chi connectivity index (χ2n) is 8.31. The molecular weight excluding hydrogens is 390 g/mol. The molecule has 2 aromatic rings. The van der Waals surface area contributed by atoms with Gasteiger partial charge in [-0.1, -0.05) is 30.3 Å². The Morgan fingerprint density at radius 2 is 1.58 bits per heavy atom. The smallest absolute Gasteiger partial charge is 0.256 e. The summed E-state index contributed by atoms with van der Waals surface area (Å²) < 4.78 is 5.54. The lowest BCUT2D eigenvalue weighted by Crippen LogP contribution is -2.36. The second-order valence-corrected chi connectivity index (χ2v) is 8.31. The molecular formula is C25H31N3O3. The van der Waals surface area contributed by atoms with E-state index in [4.69, 9.17) is 4.74 Å². The number of carbonyl (C=O) groups excluding carboxylic acids is 2. The molecule has 6 nitrogen and oxygen atoms in total. The molecule has 2 saturated heterocycles. The average molecular weight is 422 g/mol. The highest BCUT2D eigenvalue weighted by Crippen LogP contribution is 2.29. The van der Waals surface area contributed by atoms with Crippen LogP contribution in [-0.2, 0) is 16.1 Å². The quantitative estimate of drug-likeness (QED) is 0.732. The number of hydrogen-bond donors (Lipinski definition) is 1. The zero-order chi connectivity index (χ0) is 21.5.